The van der Waals surface area contributed by atoms with Crippen molar-refractivity contribution < 1.29 is 13.7 Å². The first-order chi connectivity index (χ1) is 12.1. The van der Waals surface area contributed by atoms with Crippen LogP contribution in [0.4, 0.5) is 0 Å². The van der Waals surface area contributed by atoms with Gasteiger partial charge in [-0.05, 0) is 18.6 Å². The quantitative estimate of drug-likeness (QED) is 0.828. The Morgan fingerprint density at radius 2 is 2.12 bits per heavy atom. The van der Waals surface area contributed by atoms with E-state index in [9.17, 15) is 4.79 Å². The molecule has 7 heteroatoms. The second-order valence-electron chi connectivity index (χ2n) is 7.27. The Kier molecular flexibility index (Phi) is 4.33. The van der Waals surface area contributed by atoms with Crippen LogP contribution in [0.5, 0.6) is 0 Å². The fourth-order valence-corrected chi connectivity index (χ4v) is 3.40. The number of piperazine rings is 1. The molecule has 2 aromatic rings. The van der Waals surface area contributed by atoms with Gasteiger partial charge < -0.3 is 13.8 Å². The molecule has 0 radical (unpaired) electrons. The van der Waals surface area contributed by atoms with Crippen LogP contribution in [0, 0.1) is 5.92 Å². The van der Waals surface area contributed by atoms with Crippen molar-refractivity contribution in [2.24, 2.45) is 5.92 Å². The van der Waals surface area contributed by atoms with Crippen molar-refractivity contribution in [3.8, 4) is 0 Å². The van der Waals surface area contributed by atoms with Crippen molar-refractivity contribution in [1.82, 2.24) is 19.9 Å². The molecule has 4 rings (SSSR count). The normalized spacial score (nSPS) is 24.0. The molecule has 7 nitrogen and oxygen atoms in total. The van der Waals surface area contributed by atoms with Crippen molar-refractivity contribution in [3.05, 3.63) is 35.9 Å². The van der Waals surface area contributed by atoms with Gasteiger partial charge in [0.25, 0.3) is 0 Å². The van der Waals surface area contributed by atoms with Crippen molar-refractivity contribution in [1.29, 1.82) is 0 Å². The van der Waals surface area contributed by atoms with Crippen LogP contribution in [0.25, 0.3) is 0 Å². The molecule has 2 aliphatic rings. The molecule has 2 aromatic heterocycles. The third kappa shape index (κ3) is 3.46. The van der Waals surface area contributed by atoms with E-state index in [2.05, 4.69) is 15.0 Å². The van der Waals surface area contributed by atoms with E-state index in [0.717, 1.165) is 44.2 Å². The summed E-state index contributed by atoms with van der Waals surface area (Å²) in [6.07, 6.45) is 2.59. The number of rotatable bonds is 5. The summed E-state index contributed by atoms with van der Waals surface area (Å²) in [5, 5.41) is 4.00. The van der Waals surface area contributed by atoms with Crippen LogP contribution >= 0.6 is 0 Å². The molecule has 3 heterocycles. The lowest BCUT2D eigenvalue weighted by Gasteiger charge is -2.34. The van der Waals surface area contributed by atoms with Crippen LogP contribution in [-0.2, 0) is 11.3 Å². The Morgan fingerprint density at radius 1 is 1.32 bits per heavy atom. The van der Waals surface area contributed by atoms with Crippen molar-refractivity contribution in [3.63, 3.8) is 0 Å². The summed E-state index contributed by atoms with van der Waals surface area (Å²) in [5.74, 6) is 3.25. The Hall–Kier alpha value is -2.15. The van der Waals surface area contributed by atoms with E-state index in [4.69, 9.17) is 8.94 Å². The lowest BCUT2D eigenvalue weighted by Crippen LogP contribution is -2.48. The highest BCUT2D eigenvalue weighted by Crippen LogP contribution is 2.48. The zero-order valence-corrected chi connectivity index (χ0v) is 14.7. The van der Waals surface area contributed by atoms with Gasteiger partial charge in [-0.1, -0.05) is 19.0 Å². The summed E-state index contributed by atoms with van der Waals surface area (Å²) >= 11 is 0. The highest BCUT2D eigenvalue weighted by molar-refractivity contribution is 5.83. The van der Waals surface area contributed by atoms with Gasteiger partial charge in [-0.25, -0.2) is 0 Å². The second kappa shape index (κ2) is 6.63. The molecule has 1 amide bonds. The molecule has 0 N–H and O–H groups in total. The number of hydrogen-bond donors (Lipinski definition) is 0. The number of carbonyl (C=O) groups is 1. The predicted octanol–water partition coefficient (Wildman–Crippen LogP) is 2.23. The van der Waals surface area contributed by atoms with Gasteiger partial charge in [-0.2, -0.15) is 4.98 Å². The van der Waals surface area contributed by atoms with Gasteiger partial charge in [0, 0.05) is 43.9 Å². The Balaban J connectivity index is 1.26. The number of furan rings is 1. The van der Waals surface area contributed by atoms with E-state index in [-0.39, 0.29) is 23.7 Å². The third-order valence-corrected chi connectivity index (χ3v) is 5.06. The maximum Gasteiger partial charge on any atom is 0.240 e. The van der Waals surface area contributed by atoms with E-state index in [0.29, 0.717) is 12.4 Å². The predicted molar refractivity (Wildman–Crippen MR) is 89.8 cm³/mol. The van der Waals surface area contributed by atoms with Gasteiger partial charge in [-0.15, -0.1) is 0 Å². The molecule has 1 aliphatic heterocycles. The minimum Gasteiger partial charge on any atom is -0.469 e. The van der Waals surface area contributed by atoms with Gasteiger partial charge >= 0.3 is 0 Å². The molecule has 25 heavy (non-hydrogen) atoms. The van der Waals surface area contributed by atoms with Crippen molar-refractivity contribution in [2.45, 2.75) is 38.6 Å². The van der Waals surface area contributed by atoms with Crippen LogP contribution in [0.2, 0.25) is 0 Å². The molecular formula is C18H24N4O3. The highest BCUT2D eigenvalue weighted by atomic mass is 16.5. The summed E-state index contributed by atoms with van der Waals surface area (Å²) < 4.78 is 10.7. The van der Waals surface area contributed by atoms with Crippen molar-refractivity contribution >= 4 is 5.91 Å². The van der Waals surface area contributed by atoms with Crippen LogP contribution in [0.3, 0.4) is 0 Å². The minimum atomic E-state index is 0.0993. The largest absolute Gasteiger partial charge is 0.469 e. The number of aromatic nitrogens is 2. The third-order valence-electron chi connectivity index (χ3n) is 5.06. The number of carbonyl (C=O) groups excluding carboxylic acids is 1. The first-order valence-corrected chi connectivity index (χ1v) is 8.99. The second-order valence-corrected chi connectivity index (χ2v) is 7.27. The number of amides is 1. The topological polar surface area (TPSA) is 75.6 Å². The van der Waals surface area contributed by atoms with Gasteiger partial charge in [0.15, 0.2) is 5.82 Å². The van der Waals surface area contributed by atoms with E-state index in [1.165, 1.54) is 0 Å². The van der Waals surface area contributed by atoms with Gasteiger partial charge in [0.05, 0.1) is 12.8 Å². The summed E-state index contributed by atoms with van der Waals surface area (Å²) in [6, 6.07) is 3.85. The molecule has 1 saturated heterocycles. The first-order valence-electron chi connectivity index (χ1n) is 8.99. The molecule has 1 aliphatic carbocycles. The van der Waals surface area contributed by atoms with Gasteiger partial charge in [0.1, 0.15) is 5.76 Å². The summed E-state index contributed by atoms with van der Waals surface area (Å²) in [5.41, 5.74) is 0. The number of hydrogen-bond acceptors (Lipinski definition) is 6. The van der Waals surface area contributed by atoms with E-state index in [1.54, 1.807) is 6.26 Å². The Labute approximate surface area is 147 Å². The van der Waals surface area contributed by atoms with Gasteiger partial charge in [-0.3, -0.25) is 9.69 Å². The van der Waals surface area contributed by atoms with Crippen LogP contribution in [0.1, 0.15) is 49.6 Å². The molecule has 0 aromatic carbocycles. The van der Waals surface area contributed by atoms with Gasteiger partial charge in [0.2, 0.25) is 11.8 Å². The smallest absolute Gasteiger partial charge is 0.240 e. The molecule has 0 bridgehead atoms. The van der Waals surface area contributed by atoms with E-state index in [1.807, 2.05) is 30.9 Å². The molecule has 134 valence electrons. The van der Waals surface area contributed by atoms with E-state index < -0.39 is 0 Å². The minimum absolute atomic E-state index is 0.0993. The summed E-state index contributed by atoms with van der Waals surface area (Å²) in [6.45, 7) is 7.93. The SMILES string of the molecule is CC(C)c1noc(CN2CCN(C(=O)[C@@H]3C[C@@H]3c3ccco3)CC2)n1. The first kappa shape index (κ1) is 16.3. The fraction of sp³-hybridized carbons (Fsp3) is 0.611. The average Bonchev–Trinajstić information content (AvgIpc) is 3.00. The zero-order chi connectivity index (χ0) is 17.4. The lowest BCUT2D eigenvalue weighted by atomic mass is 10.2. The molecule has 1 saturated carbocycles. The Bertz CT molecular complexity index is 717. The molecule has 2 fully saturated rings. The molecule has 0 spiro atoms. The molecule has 0 unspecified atom stereocenters. The summed E-state index contributed by atoms with van der Waals surface area (Å²) in [7, 11) is 0. The maximum atomic E-state index is 12.6. The van der Waals surface area contributed by atoms with Crippen LogP contribution < -0.4 is 0 Å². The fourth-order valence-electron chi connectivity index (χ4n) is 3.40. The average molecular weight is 344 g/mol. The Morgan fingerprint density at radius 3 is 2.76 bits per heavy atom. The van der Waals surface area contributed by atoms with Crippen LogP contribution in [-0.4, -0.2) is 52.0 Å². The zero-order valence-electron chi connectivity index (χ0n) is 14.7. The summed E-state index contributed by atoms with van der Waals surface area (Å²) in [4.78, 5) is 21.3. The monoisotopic (exact) mass is 344 g/mol. The molecule has 2 atom stereocenters. The van der Waals surface area contributed by atoms with Crippen molar-refractivity contribution in [2.75, 3.05) is 26.2 Å². The van der Waals surface area contributed by atoms with E-state index >= 15 is 0 Å². The molecular weight excluding hydrogens is 320 g/mol. The highest BCUT2D eigenvalue weighted by Gasteiger charge is 2.47. The van der Waals surface area contributed by atoms with Crippen LogP contribution in [0.15, 0.2) is 27.3 Å². The standard InChI is InChI=1S/C18H24N4O3/c1-12(2)17-19-16(25-20-17)11-21-5-7-22(8-6-21)18(23)14-10-13(14)15-4-3-9-24-15/h3-4,9,12-14H,5-8,10-11H2,1-2H3/t13-,14+/m0/s1. The maximum absolute atomic E-state index is 12.6. The number of nitrogens with zero attached hydrogens (tertiary/aromatic N) is 4. The lowest BCUT2D eigenvalue weighted by molar-refractivity contribution is -0.134.